The highest BCUT2D eigenvalue weighted by molar-refractivity contribution is 6.03. The summed E-state index contributed by atoms with van der Waals surface area (Å²) in [5, 5.41) is 7.68. The number of benzene rings is 2. The lowest BCUT2D eigenvalue weighted by Gasteiger charge is -2.27. The van der Waals surface area contributed by atoms with E-state index in [1.165, 1.54) is 0 Å². The van der Waals surface area contributed by atoms with Crippen molar-refractivity contribution in [3.63, 3.8) is 0 Å². The van der Waals surface area contributed by atoms with Gasteiger partial charge in [0.15, 0.2) is 0 Å². The van der Waals surface area contributed by atoms with Crippen LogP contribution >= 0.6 is 0 Å². The fraction of sp³-hybridized carbons (Fsp3) is 0.370. The zero-order valence-corrected chi connectivity index (χ0v) is 20.9. The van der Waals surface area contributed by atoms with E-state index in [4.69, 9.17) is 21.3 Å². The van der Waals surface area contributed by atoms with E-state index in [1.54, 1.807) is 10.7 Å². The number of nitrogens with zero attached hydrogens (tertiary/aromatic N) is 2. The Bertz CT molecular complexity index is 1270. The predicted molar refractivity (Wildman–Crippen MR) is 136 cm³/mol. The molecule has 1 unspecified atom stereocenters. The maximum Gasteiger partial charge on any atom is 0.254 e. The number of nitrogen functional groups attached to an aromatic ring is 1. The van der Waals surface area contributed by atoms with Gasteiger partial charge < -0.3 is 21.5 Å². The van der Waals surface area contributed by atoms with E-state index in [-0.39, 0.29) is 28.9 Å². The van der Waals surface area contributed by atoms with Crippen molar-refractivity contribution in [3.8, 4) is 11.3 Å². The minimum absolute atomic E-state index is 0.126. The van der Waals surface area contributed by atoms with Crippen LogP contribution in [0.4, 0.5) is 5.82 Å². The van der Waals surface area contributed by atoms with Crippen LogP contribution in [0.5, 0.6) is 0 Å². The lowest BCUT2D eigenvalue weighted by Crippen LogP contribution is -2.32. The summed E-state index contributed by atoms with van der Waals surface area (Å²) in [6.45, 7) is 10.3. The van der Waals surface area contributed by atoms with Crippen LogP contribution in [0.3, 0.4) is 0 Å². The van der Waals surface area contributed by atoms with Gasteiger partial charge in [-0.2, -0.15) is 5.10 Å². The molecule has 4 rings (SSSR count). The monoisotopic (exact) mass is 475 g/mol. The van der Waals surface area contributed by atoms with E-state index >= 15 is 0 Å². The van der Waals surface area contributed by atoms with Crippen LogP contribution in [0.25, 0.3) is 11.3 Å². The Morgan fingerprint density at radius 1 is 1.11 bits per heavy atom. The van der Waals surface area contributed by atoms with Crippen molar-refractivity contribution in [1.82, 2.24) is 15.1 Å². The van der Waals surface area contributed by atoms with Gasteiger partial charge in [0.25, 0.3) is 11.8 Å². The quantitative estimate of drug-likeness (QED) is 0.497. The van der Waals surface area contributed by atoms with Crippen molar-refractivity contribution >= 4 is 17.6 Å². The number of aryl methyl sites for hydroxylation is 1. The molecule has 0 radical (unpaired) electrons. The van der Waals surface area contributed by atoms with Crippen molar-refractivity contribution < 1.29 is 14.3 Å². The molecule has 184 valence electrons. The van der Waals surface area contributed by atoms with Gasteiger partial charge in [-0.05, 0) is 51.8 Å². The molecule has 1 aliphatic heterocycles. The number of aromatic nitrogens is 2. The van der Waals surface area contributed by atoms with Crippen molar-refractivity contribution in [2.45, 2.75) is 64.8 Å². The first-order valence-corrected chi connectivity index (χ1v) is 11.7. The zero-order valence-electron chi connectivity index (χ0n) is 20.9. The van der Waals surface area contributed by atoms with Gasteiger partial charge in [-0.1, -0.05) is 42.5 Å². The average molecular weight is 476 g/mol. The third-order valence-corrected chi connectivity index (χ3v) is 6.59. The molecule has 8 nitrogen and oxygen atoms in total. The van der Waals surface area contributed by atoms with E-state index < -0.39 is 11.5 Å². The zero-order chi connectivity index (χ0) is 25.5. The SMILES string of the molecule is Cc1ccccc1C(=O)NCc1ccc(-c2nn(C3CC(C)(C)OC3(C)C)c(N)c2C(N)=O)cc1. The molecule has 1 atom stereocenters. The highest BCUT2D eigenvalue weighted by Gasteiger charge is 2.48. The summed E-state index contributed by atoms with van der Waals surface area (Å²) in [4.78, 5) is 24.9. The first-order valence-electron chi connectivity index (χ1n) is 11.7. The van der Waals surface area contributed by atoms with Crippen molar-refractivity contribution in [2.24, 2.45) is 5.73 Å². The third-order valence-electron chi connectivity index (χ3n) is 6.59. The van der Waals surface area contributed by atoms with E-state index in [0.29, 0.717) is 29.8 Å². The fourth-order valence-corrected chi connectivity index (χ4v) is 4.93. The number of amides is 2. The van der Waals surface area contributed by atoms with Crippen LogP contribution in [0.15, 0.2) is 48.5 Å². The molecule has 0 aliphatic carbocycles. The van der Waals surface area contributed by atoms with E-state index in [1.807, 2.05) is 77.1 Å². The molecule has 0 saturated carbocycles. The number of rotatable bonds is 6. The molecule has 0 bridgehead atoms. The van der Waals surface area contributed by atoms with Crippen molar-refractivity contribution in [2.75, 3.05) is 5.73 Å². The summed E-state index contributed by atoms with van der Waals surface area (Å²) in [7, 11) is 0. The minimum Gasteiger partial charge on any atom is -0.383 e. The van der Waals surface area contributed by atoms with Crippen LogP contribution in [-0.4, -0.2) is 32.8 Å². The van der Waals surface area contributed by atoms with Gasteiger partial charge in [-0.15, -0.1) is 0 Å². The second-order valence-corrected chi connectivity index (χ2v) is 10.3. The first kappa shape index (κ1) is 24.5. The average Bonchev–Trinajstić information content (AvgIpc) is 3.23. The number of nitrogens with two attached hydrogens (primary N) is 2. The molecule has 1 fully saturated rings. The molecule has 1 aliphatic rings. The molecular weight excluding hydrogens is 442 g/mol. The molecule has 2 amide bonds. The number of hydrogen-bond donors (Lipinski definition) is 3. The molecule has 2 heterocycles. The Kier molecular flexibility index (Phi) is 6.19. The highest BCUT2D eigenvalue weighted by Crippen LogP contribution is 2.46. The molecule has 5 N–H and O–H groups in total. The molecule has 35 heavy (non-hydrogen) atoms. The Hall–Kier alpha value is -3.65. The van der Waals surface area contributed by atoms with Gasteiger partial charge in [0.05, 0.1) is 17.2 Å². The van der Waals surface area contributed by atoms with E-state index in [9.17, 15) is 9.59 Å². The van der Waals surface area contributed by atoms with Crippen molar-refractivity contribution in [3.05, 3.63) is 70.8 Å². The molecular formula is C27H33N5O3. The van der Waals surface area contributed by atoms with Gasteiger partial charge in [-0.25, -0.2) is 4.68 Å². The van der Waals surface area contributed by atoms with Gasteiger partial charge in [-0.3, -0.25) is 9.59 Å². The number of primary amides is 1. The third kappa shape index (κ3) is 4.79. The Morgan fingerprint density at radius 3 is 2.34 bits per heavy atom. The molecule has 1 aromatic heterocycles. The number of carbonyl (C=O) groups excluding carboxylic acids is 2. The predicted octanol–water partition coefficient (Wildman–Crippen LogP) is 3.99. The molecule has 3 aromatic rings. The second-order valence-electron chi connectivity index (χ2n) is 10.3. The first-order chi connectivity index (χ1) is 16.4. The summed E-state index contributed by atoms with van der Waals surface area (Å²) in [5.74, 6) is -0.519. The van der Waals surface area contributed by atoms with Gasteiger partial charge in [0.2, 0.25) is 0 Å². The van der Waals surface area contributed by atoms with Crippen LogP contribution in [0, 0.1) is 6.92 Å². The summed E-state index contributed by atoms with van der Waals surface area (Å²) in [6, 6.07) is 14.8. The van der Waals surface area contributed by atoms with Gasteiger partial charge in [0, 0.05) is 24.1 Å². The fourth-order valence-electron chi connectivity index (χ4n) is 4.93. The van der Waals surface area contributed by atoms with Crippen LogP contribution in [0.1, 0.15) is 72.0 Å². The number of ether oxygens (including phenoxy) is 1. The maximum atomic E-state index is 12.5. The summed E-state index contributed by atoms with van der Waals surface area (Å²) in [6.07, 6.45) is 0.697. The van der Waals surface area contributed by atoms with Crippen LogP contribution in [0.2, 0.25) is 0 Å². The summed E-state index contributed by atoms with van der Waals surface area (Å²) in [5.41, 5.74) is 15.1. The van der Waals surface area contributed by atoms with Crippen LogP contribution < -0.4 is 16.8 Å². The Morgan fingerprint density at radius 2 is 1.77 bits per heavy atom. The lowest BCUT2D eigenvalue weighted by atomic mass is 9.94. The Balaban J connectivity index is 1.58. The highest BCUT2D eigenvalue weighted by atomic mass is 16.5. The van der Waals surface area contributed by atoms with E-state index in [2.05, 4.69) is 5.32 Å². The largest absolute Gasteiger partial charge is 0.383 e. The minimum atomic E-state index is -0.630. The summed E-state index contributed by atoms with van der Waals surface area (Å²) < 4.78 is 7.89. The molecule has 8 heteroatoms. The standard InChI is InChI=1S/C27H33N5O3/c1-16-8-6-7-9-19(16)25(34)30-15-17-10-12-18(13-11-17)22-21(24(29)33)23(28)32(31-22)20-14-26(2,3)35-27(20,4)5/h6-13,20H,14-15,28H2,1-5H3,(H2,29,33)(H,30,34). The second kappa shape index (κ2) is 8.85. The van der Waals surface area contributed by atoms with E-state index in [0.717, 1.165) is 11.1 Å². The lowest BCUT2D eigenvalue weighted by molar-refractivity contribution is -0.0735. The molecule has 2 aromatic carbocycles. The Labute approximate surface area is 205 Å². The topological polar surface area (TPSA) is 125 Å². The number of anilines is 1. The molecule has 0 spiro atoms. The number of carbonyl (C=O) groups is 2. The van der Waals surface area contributed by atoms with Crippen molar-refractivity contribution in [1.29, 1.82) is 0 Å². The van der Waals surface area contributed by atoms with Gasteiger partial charge >= 0.3 is 0 Å². The molecule has 1 saturated heterocycles. The number of nitrogens with one attached hydrogen (secondary N) is 1. The summed E-state index contributed by atoms with van der Waals surface area (Å²) >= 11 is 0. The smallest absolute Gasteiger partial charge is 0.254 e. The van der Waals surface area contributed by atoms with Gasteiger partial charge in [0.1, 0.15) is 17.1 Å². The van der Waals surface area contributed by atoms with Crippen LogP contribution in [-0.2, 0) is 11.3 Å². The number of hydrogen-bond acceptors (Lipinski definition) is 5. The maximum absolute atomic E-state index is 12.5. The normalized spacial score (nSPS) is 18.4.